The molecule has 1 aliphatic rings. The lowest BCUT2D eigenvalue weighted by Crippen LogP contribution is -3.14. The second-order valence-corrected chi connectivity index (χ2v) is 5.71. The number of quaternary nitrogens is 1. The first-order valence-corrected chi connectivity index (χ1v) is 7.21. The molecule has 1 aliphatic heterocycles. The first kappa shape index (κ1) is 15.7. The second kappa shape index (κ2) is 6.87. The summed E-state index contributed by atoms with van der Waals surface area (Å²) in [4.78, 5) is 24.0. The molecule has 4 N–H and O–H groups in total. The Morgan fingerprint density at radius 2 is 2.05 bits per heavy atom. The van der Waals surface area contributed by atoms with E-state index in [9.17, 15) is 14.0 Å². The molecule has 114 valence electrons. The van der Waals surface area contributed by atoms with E-state index in [2.05, 4.69) is 5.32 Å². The maximum Gasteiger partial charge on any atom is 0.279 e. The first-order valence-electron chi connectivity index (χ1n) is 6.83. The van der Waals surface area contributed by atoms with Gasteiger partial charge in [0.1, 0.15) is 5.82 Å². The first-order chi connectivity index (χ1) is 9.95. The van der Waals surface area contributed by atoms with E-state index in [4.69, 9.17) is 17.3 Å². The van der Waals surface area contributed by atoms with E-state index in [1.165, 1.54) is 12.1 Å². The molecule has 0 bridgehead atoms. The van der Waals surface area contributed by atoms with Crippen molar-refractivity contribution in [2.24, 2.45) is 11.7 Å². The van der Waals surface area contributed by atoms with Crippen molar-refractivity contribution in [2.75, 3.05) is 25.0 Å². The number of carbonyl (C=O) groups is 2. The number of primary amides is 1. The maximum absolute atomic E-state index is 13.6. The number of halogens is 2. The van der Waals surface area contributed by atoms with Gasteiger partial charge < -0.3 is 16.0 Å². The van der Waals surface area contributed by atoms with Crippen LogP contribution in [0.3, 0.4) is 0 Å². The number of amides is 2. The van der Waals surface area contributed by atoms with E-state index in [-0.39, 0.29) is 35.0 Å². The van der Waals surface area contributed by atoms with Gasteiger partial charge in [0, 0.05) is 23.8 Å². The normalized spacial score (nSPS) is 21.8. The second-order valence-electron chi connectivity index (χ2n) is 5.28. The number of rotatable bonds is 4. The largest absolute Gasteiger partial charge is 0.369 e. The van der Waals surface area contributed by atoms with Crippen LogP contribution in [0.15, 0.2) is 18.2 Å². The fourth-order valence-corrected chi connectivity index (χ4v) is 2.66. The Labute approximate surface area is 127 Å². The van der Waals surface area contributed by atoms with Crippen LogP contribution in [-0.4, -0.2) is 31.4 Å². The molecule has 0 radical (unpaired) electrons. The molecule has 1 aromatic rings. The van der Waals surface area contributed by atoms with E-state index in [1.807, 2.05) is 0 Å². The van der Waals surface area contributed by atoms with E-state index in [1.54, 1.807) is 0 Å². The predicted octanol–water partition coefficient (Wildman–Crippen LogP) is 0.198. The molecule has 1 saturated heterocycles. The molecule has 2 amide bonds. The van der Waals surface area contributed by atoms with Gasteiger partial charge in [0.2, 0.25) is 5.91 Å². The number of hydrogen-bond donors (Lipinski definition) is 3. The van der Waals surface area contributed by atoms with Gasteiger partial charge in [-0.25, -0.2) is 4.39 Å². The average Bonchev–Trinajstić information content (AvgIpc) is 2.42. The third-order valence-corrected chi connectivity index (χ3v) is 3.95. The highest BCUT2D eigenvalue weighted by Gasteiger charge is 2.27. The Bertz CT molecular complexity index is 545. The summed E-state index contributed by atoms with van der Waals surface area (Å²) in [6.45, 7) is 1.67. The third-order valence-electron chi connectivity index (χ3n) is 3.71. The fourth-order valence-electron chi connectivity index (χ4n) is 2.50. The molecule has 0 aliphatic carbocycles. The van der Waals surface area contributed by atoms with E-state index >= 15 is 0 Å². The van der Waals surface area contributed by atoms with Gasteiger partial charge in [-0.15, -0.1) is 0 Å². The van der Waals surface area contributed by atoms with Crippen molar-refractivity contribution in [1.82, 2.24) is 0 Å². The van der Waals surface area contributed by atoms with Crippen molar-refractivity contribution < 1.29 is 18.9 Å². The predicted molar refractivity (Wildman–Crippen MR) is 77.5 cm³/mol. The molecular weight excluding hydrogens is 297 g/mol. The topological polar surface area (TPSA) is 76.6 Å². The van der Waals surface area contributed by atoms with Crippen LogP contribution in [0.25, 0.3) is 0 Å². The molecule has 1 aromatic carbocycles. The van der Waals surface area contributed by atoms with Crippen LogP contribution in [0.1, 0.15) is 12.8 Å². The molecule has 2 rings (SSSR count). The molecule has 1 heterocycles. The number of likely N-dealkylation sites (tertiary alicyclic amines) is 1. The van der Waals surface area contributed by atoms with Crippen LogP contribution in [0, 0.1) is 11.7 Å². The van der Waals surface area contributed by atoms with Crippen molar-refractivity contribution in [3.63, 3.8) is 0 Å². The highest BCUT2D eigenvalue weighted by atomic mass is 35.5. The summed E-state index contributed by atoms with van der Waals surface area (Å²) in [6, 6.07) is 4.11. The van der Waals surface area contributed by atoms with Crippen LogP contribution in [-0.2, 0) is 9.59 Å². The molecule has 0 atom stereocenters. The molecule has 0 saturated carbocycles. The number of anilines is 1. The number of carbonyl (C=O) groups excluding carboxylic acids is 2. The lowest BCUT2D eigenvalue weighted by Gasteiger charge is -2.27. The van der Waals surface area contributed by atoms with Crippen LogP contribution < -0.4 is 16.0 Å². The summed E-state index contributed by atoms with van der Waals surface area (Å²) in [6.07, 6.45) is 1.38. The monoisotopic (exact) mass is 314 g/mol. The average molecular weight is 315 g/mol. The third kappa shape index (κ3) is 4.41. The molecule has 0 spiro atoms. The lowest BCUT2D eigenvalue weighted by molar-refractivity contribution is -0.897. The highest BCUT2D eigenvalue weighted by molar-refractivity contribution is 6.30. The Balaban J connectivity index is 1.84. The van der Waals surface area contributed by atoms with Gasteiger partial charge in [-0.05, 0) is 18.2 Å². The van der Waals surface area contributed by atoms with Gasteiger partial charge in [0.25, 0.3) is 5.91 Å². The summed E-state index contributed by atoms with van der Waals surface area (Å²) in [7, 11) is 0. The van der Waals surface area contributed by atoms with E-state index in [0.717, 1.165) is 11.0 Å². The van der Waals surface area contributed by atoms with Crippen molar-refractivity contribution in [3.8, 4) is 0 Å². The van der Waals surface area contributed by atoms with Crippen LogP contribution in [0.2, 0.25) is 5.02 Å². The molecule has 5 nitrogen and oxygen atoms in total. The van der Waals surface area contributed by atoms with Gasteiger partial charge in [-0.3, -0.25) is 9.59 Å². The molecule has 1 fully saturated rings. The summed E-state index contributed by atoms with van der Waals surface area (Å²) in [5.74, 6) is -1.19. The van der Waals surface area contributed by atoms with Crippen LogP contribution in [0.5, 0.6) is 0 Å². The van der Waals surface area contributed by atoms with Crippen molar-refractivity contribution in [1.29, 1.82) is 0 Å². The van der Waals surface area contributed by atoms with Gasteiger partial charge in [0.15, 0.2) is 6.54 Å². The standard InChI is InChI=1S/C14H17ClFN3O2/c15-10-1-2-12(11(16)7-10)18-13(20)8-19-5-3-9(4-6-19)14(17)21/h1-2,7,9H,3-6,8H2,(H2,17,21)(H,18,20)/p+1. The summed E-state index contributed by atoms with van der Waals surface area (Å²) < 4.78 is 13.6. The summed E-state index contributed by atoms with van der Waals surface area (Å²) >= 11 is 5.65. The number of nitrogens with one attached hydrogen (secondary N) is 2. The lowest BCUT2D eigenvalue weighted by atomic mass is 9.96. The quantitative estimate of drug-likeness (QED) is 0.742. The van der Waals surface area contributed by atoms with Gasteiger partial charge >= 0.3 is 0 Å². The van der Waals surface area contributed by atoms with Crippen molar-refractivity contribution in [3.05, 3.63) is 29.0 Å². The van der Waals surface area contributed by atoms with E-state index < -0.39 is 5.82 Å². The Morgan fingerprint density at radius 3 is 2.62 bits per heavy atom. The van der Waals surface area contributed by atoms with Crippen LogP contribution in [0.4, 0.5) is 10.1 Å². The minimum atomic E-state index is -0.557. The Kier molecular flexibility index (Phi) is 5.14. The highest BCUT2D eigenvalue weighted by Crippen LogP contribution is 2.18. The Morgan fingerprint density at radius 1 is 1.38 bits per heavy atom. The number of piperidine rings is 1. The minimum absolute atomic E-state index is 0.0921. The summed E-state index contributed by atoms with van der Waals surface area (Å²) in [5.41, 5.74) is 5.39. The zero-order valence-electron chi connectivity index (χ0n) is 11.5. The zero-order valence-corrected chi connectivity index (χ0v) is 12.3. The maximum atomic E-state index is 13.6. The SMILES string of the molecule is NC(=O)C1CC[NH+](CC(=O)Nc2ccc(Cl)cc2F)CC1. The molecule has 21 heavy (non-hydrogen) atoms. The smallest absolute Gasteiger partial charge is 0.279 e. The van der Waals surface area contributed by atoms with Gasteiger partial charge in [-0.1, -0.05) is 11.6 Å². The minimum Gasteiger partial charge on any atom is -0.369 e. The zero-order chi connectivity index (χ0) is 15.4. The van der Waals surface area contributed by atoms with Gasteiger partial charge in [0.05, 0.1) is 18.8 Å². The van der Waals surface area contributed by atoms with Crippen molar-refractivity contribution in [2.45, 2.75) is 12.8 Å². The Hall–Kier alpha value is -1.66. The van der Waals surface area contributed by atoms with Crippen molar-refractivity contribution >= 4 is 29.1 Å². The number of benzene rings is 1. The van der Waals surface area contributed by atoms with Crippen LogP contribution >= 0.6 is 11.6 Å². The molecule has 0 aromatic heterocycles. The van der Waals surface area contributed by atoms with E-state index in [0.29, 0.717) is 25.9 Å². The molecule has 7 heteroatoms. The van der Waals surface area contributed by atoms with Gasteiger partial charge in [-0.2, -0.15) is 0 Å². The summed E-state index contributed by atoms with van der Waals surface area (Å²) in [5, 5.41) is 2.82. The molecule has 0 unspecified atom stereocenters. The fraction of sp³-hybridized carbons (Fsp3) is 0.429. The molecular formula is C14H18ClFN3O2+. The number of hydrogen-bond acceptors (Lipinski definition) is 2. The number of nitrogens with two attached hydrogens (primary N) is 1.